The molecule has 0 fully saturated rings. The predicted octanol–water partition coefficient (Wildman–Crippen LogP) is 3.69. The number of nitro groups is 1. The summed E-state index contributed by atoms with van der Waals surface area (Å²) in [5.74, 6) is -0.326. The molecule has 0 saturated heterocycles. The highest BCUT2D eigenvalue weighted by Gasteiger charge is 2.17. The van der Waals surface area contributed by atoms with Crippen LogP contribution in [0.2, 0.25) is 5.02 Å². The number of aromatic amines is 1. The number of rotatable bonds is 3. The number of hydrogen-bond acceptors (Lipinski definition) is 4. The van der Waals surface area contributed by atoms with E-state index in [0.717, 1.165) is 17.1 Å². The number of nitrogens with zero attached hydrogens (tertiary/aromatic N) is 2. The van der Waals surface area contributed by atoms with Crippen LogP contribution in [0.25, 0.3) is 11.0 Å². The fourth-order valence-corrected chi connectivity index (χ4v) is 2.36. The Morgan fingerprint density at radius 1 is 1.30 bits per heavy atom. The zero-order valence-electron chi connectivity index (χ0n) is 12.0. The molecule has 2 aromatic carbocycles. The standard InChI is InChI=1S/C15H11ClN4O3/c1-8-2-5-12-13(6-8)18-15(17-12)19-14(21)10-7-9(20(22)23)3-4-11(10)16/h2-7H,1H3,(H2,17,18,19,21). The minimum atomic E-state index is -0.586. The number of nitrogens with one attached hydrogen (secondary N) is 2. The third kappa shape index (κ3) is 3.00. The molecule has 1 aromatic heterocycles. The Labute approximate surface area is 135 Å². The summed E-state index contributed by atoms with van der Waals surface area (Å²) in [5.41, 5.74) is 2.35. The Morgan fingerprint density at radius 3 is 2.83 bits per heavy atom. The van der Waals surface area contributed by atoms with Crippen molar-refractivity contribution in [2.75, 3.05) is 5.32 Å². The Hall–Kier alpha value is -2.93. The first-order chi connectivity index (χ1) is 10.9. The van der Waals surface area contributed by atoms with Gasteiger partial charge in [0.05, 0.1) is 26.5 Å². The van der Waals surface area contributed by atoms with Crippen molar-refractivity contribution in [2.45, 2.75) is 6.92 Å². The normalized spacial score (nSPS) is 10.7. The second kappa shape index (κ2) is 5.69. The minimum Gasteiger partial charge on any atom is -0.324 e. The molecule has 3 rings (SSSR count). The zero-order chi connectivity index (χ0) is 16.6. The number of halogens is 1. The Balaban J connectivity index is 1.91. The number of benzene rings is 2. The molecule has 0 aliphatic carbocycles. The number of aryl methyl sites for hydroxylation is 1. The van der Waals surface area contributed by atoms with Gasteiger partial charge in [0, 0.05) is 12.1 Å². The van der Waals surface area contributed by atoms with Crippen LogP contribution in [0.15, 0.2) is 36.4 Å². The average molecular weight is 331 g/mol. The maximum absolute atomic E-state index is 12.3. The van der Waals surface area contributed by atoms with Crippen LogP contribution in [0.5, 0.6) is 0 Å². The number of carbonyl (C=O) groups excluding carboxylic acids is 1. The monoisotopic (exact) mass is 330 g/mol. The molecule has 0 atom stereocenters. The summed E-state index contributed by atoms with van der Waals surface area (Å²) in [4.78, 5) is 29.7. The smallest absolute Gasteiger partial charge is 0.270 e. The topological polar surface area (TPSA) is 101 Å². The molecule has 23 heavy (non-hydrogen) atoms. The third-order valence-electron chi connectivity index (χ3n) is 3.27. The van der Waals surface area contributed by atoms with Gasteiger partial charge in [0.15, 0.2) is 0 Å². The van der Waals surface area contributed by atoms with E-state index in [0.29, 0.717) is 5.52 Å². The van der Waals surface area contributed by atoms with Gasteiger partial charge in [-0.1, -0.05) is 17.7 Å². The van der Waals surface area contributed by atoms with Gasteiger partial charge in [-0.05, 0) is 30.7 Å². The summed E-state index contributed by atoms with van der Waals surface area (Å²) in [6.45, 7) is 1.95. The second-order valence-electron chi connectivity index (χ2n) is 4.98. The maximum atomic E-state index is 12.3. The fraction of sp³-hybridized carbons (Fsp3) is 0.0667. The molecular formula is C15H11ClN4O3. The molecule has 0 saturated carbocycles. The van der Waals surface area contributed by atoms with E-state index >= 15 is 0 Å². The van der Waals surface area contributed by atoms with Gasteiger partial charge in [-0.15, -0.1) is 0 Å². The minimum absolute atomic E-state index is 0.0116. The molecule has 0 bridgehead atoms. The lowest BCUT2D eigenvalue weighted by molar-refractivity contribution is -0.384. The van der Waals surface area contributed by atoms with E-state index < -0.39 is 10.8 Å². The van der Waals surface area contributed by atoms with E-state index in [1.165, 1.54) is 12.1 Å². The summed E-state index contributed by atoms with van der Waals surface area (Å²) >= 11 is 5.95. The molecule has 0 unspecified atom stereocenters. The van der Waals surface area contributed by atoms with Crippen molar-refractivity contribution < 1.29 is 9.72 Å². The van der Waals surface area contributed by atoms with Crippen molar-refractivity contribution in [1.82, 2.24) is 9.97 Å². The number of anilines is 1. The largest absolute Gasteiger partial charge is 0.324 e. The number of imidazole rings is 1. The van der Waals surface area contributed by atoms with E-state index in [-0.39, 0.29) is 22.2 Å². The van der Waals surface area contributed by atoms with Gasteiger partial charge >= 0.3 is 0 Å². The van der Waals surface area contributed by atoms with Crippen LogP contribution in [0.3, 0.4) is 0 Å². The Morgan fingerprint density at radius 2 is 2.09 bits per heavy atom. The maximum Gasteiger partial charge on any atom is 0.270 e. The van der Waals surface area contributed by atoms with E-state index in [9.17, 15) is 14.9 Å². The molecule has 1 amide bonds. The predicted molar refractivity (Wildman–Crippen MR) is 86.9 cm³/mol. The number of H-pyrrole nitrogens is 1. The molecule has 1 heterocycles. The molecule has 0 radical (unpaired) electrons. The van der Waals surface area contributed by atoms with Crippen LogP contribution in [-0.2, 0) is 0 Å². The van der Waals surface area contributed by atoms with Gasteiger partial charge in [-0.25, -0.2) is 4.98 Å². The number of carbonyl (C=O) groups is 1. The lowest BCUT2D eigenvalue weighted by Gasteiger charge is -2.04. The van der Waals surface area contributed by atoms with Crippen LogP contribution >= 0.6 is 11.6 Å². The van der Waals surface area contributed by atoms with Crippen LogP contribution in [0.4, 0.5) is 11.6 Å². The fourth-order valence-electron chi connectivity index (χ4n) is 2.16. The number of hydrogen-bond donors (Lipinski definition) is 2. The van der Waals surface area contributed by atoms with Gasteiger partial charge in [0.1, 0.15) is 0 Å². The average Bonchev–Trinajstić information content (AvgIpc) is 2.88. The lowest BCUT2D eigenvalue weighted by Crippen LogP contribution is -2.13. The van der Waals surface area contributed by atoms with Crippen molar-refractivity contribution in [3.8, 4) is 0 Å². The highest BCUT2D eigenvalue weighted by Crippen LogP contribution is 2.23. The molecular weight excluding hydrogens is 320 g/mol. The SMILES string of the molecule is Cc1ccc2nc(NC(=O)c3cc([N+](=O)[O-])ccc3Cl)[nH]c2c1. The first-order valence-electron chi connectivity index (χ1n) is 6.66. The van der Waals surface area contributed by atoms with Crippen molar-refractivity contribution >= 4 is 40.2 Å². The molecule has 3 aromatic rings. The molecule has 2 N–H and O–H groups in total. The number of aromatic nitrogens is 2. The van der Waals surface area contributed by atoms with E-state index in [1.807, 2.05) is 25.1 Å². The number of fused-ring (bicyclic) bond motifs is 1. The number of nitro benzene ring substituents is 1. The second-order valence-corrected chi connectivity index (χ2v) is 5.39. The number of non-ortho nitro benzene ring substituents is 1. The molecule has 116 valence electrons. The van der Waals surface area contributed by atoms with E-state index in [2.05, 4.69) is 15.3 Å². The van der Waals surface area contributed by atoms with Crippen molar-refractivity contribution in [3.05, 3.63) is 62.7 Å². The van der Waals surface area contributed by atoms with Gasteiger partial charge in [-0.2, -0.15) is 0 Å². The lowest BCUT2D eigenvalue weighted by atomic mass is 10.2. The van der Waals surface area contributed by atoms with Crippen LogP contribution in [0.1, 0.15) is 15.9 Å². The number of amides is 1. The summed E-state index contributed by atoms with van der Waals surface area (Å²) in [6, 6.07) is 9.33. The highest BCUT2D eigenvalue weighted by atomic mass is 35.5. The van der Waals surface area contributed by atoms with Gasteiger partial charge < -0.3 is 4.98 Å². The third-order valence-corrected chi connectivity index (χ3v) is 3.60. The molecule has 0 aliphatic heterocycles. The molecule has 0 spiro atoms. The molecule has 7 nitrogen and oxygen atoms in total. The Kier molecular flexibility index (Phi) is 3.71. The summed E-state index contributed by atoms with van der Waals surface area (Å²) in [5, 5.41) is 13.5. The first kappa shape index (κ1) is 15.0. The van der Waals surface area contributed by atoms with Crippen LogP contribution < -0.4 is 5.32 Å². The quantitative estimate of drug-likeness (QED) is 0.565. The Bertz CT molecular complexity index is 936. The van der Waals surface area contributed by atoms with Crippen LogP contribution in [-0.4, -0.2) is 20.8 Å². The summed E-state index contributed by atoms with van der Waals surface area (Å²) < 4.78 is 0. The van der Waals surface area contributed by atoms with E-state index in [1.54, 1.807) is 0 Å². The zero-order valence-corrected chi connectivity index (χ0v) is 12.7. The van der Waals surface area contributed by atoms with Crippen molar-refractivity contribution in [3.63, 3.8) is 0 Å². The van der Waals surface area contributed by atoms with E-state index in [4.69, 9.17) is 11.6 Å². The molecule has 8 heteroatoms. The highest BCUT2D eigenvalue weighted by molar-refractivity contribution is 6.34. The van der Waals surface area contributed by atoms with Gasteiger partial charge in [0.25, 0.3) is 11.6 Å². The first-order valence-corrected chi connectivity index (χ1v) is 7.03. The van der Waals surface area contributed by atoms with Gasteiger partial charge in [-0.3, -0.25) is 20.2 Å². The van der Waals surface area contributed by atoms with Gasteiger partial charge in [0.2, 0.25) is 5.95 Å². The molecule has 0 aliphatic rings. The van der Waals surface area contributed by atoms with Crippen molar-refractivity contribution in [1.29, 1.82) is 0 Å². The van der Waals surface area contributed by atoms with Crippen molar-refractivity contribution in [2.24, 2.45) is 0 Å². The summed E-state index contributed by atoms with van der Waals surface area (Å²) in [6.07, 6.45) is 0. The summed E-state index contributed by atoms with van der Waals surface area (Å²) in [7, 11) is 0. The van der Waals surface area contributed by atoms with Crippen LogP contribution in [0, 0.1) is 17.0 Å².